The van der Waals surface area contributed by atoms with Crippen LogP contribution >= 0.6 is 11.3 Å². The van der Waals surface area contributed by atoms with E-state index in [4.69, 9.17) is 5.73 Å². The van der Waals surface area contributed by atoms with Crippen molar-refractivity contribution in [2.75, 3.05) is 5.32 Å². The summed E-state index contributed by atoms with van der Waals surface area (Å²) in [6.45, 7) is 5.32. The summed E-state index contributed by atoms with van der Waals surface area (Å²) >= 11 is 1.17. The van der Waals surface area contributed by atoms with Gasteiger partial charge in [-0.15, -0.1) is 11.3 Å². The SMILES string of the molecule is C=CC(=O)Nc1cccc(CC(=O)NCc2nc(C)c(C(N)=O)s2)c1. The lowest BCUT2D eigenvalue weighted by atomic mass is 10.1. The van der Waals surface area contributed by atoms with Gasteiger partial charge in [-0.1, -0.05) is 18.7 Å². The van der Waals surface area contributed by atoms with Crippen LogP contribution in [0.25, 0.3) is 0 Å². The summed E-state index contributed by atoms with van der Waals surface area (Å²) in [4.78, 5) is 39.2. The maximum Gasteiger partial charge on any atom is 0.260 e. The molecular weight excluding hydrogens is 340 g/mol. The summed E-state index contributed by atoms with van der Waals surface area (Å²) < 4.78 is 0. The number of hydrogen-bond donors (Lipinski definition) is 3. The van der Waals surface area contributed by atoms with Crippen LogP contribution < -0.4 is 16.4 Å². The predicted octanol–water partition coefficient (Wildman–Crippen LogP) is 1.53. The van der Waals surface area contributed by atoms with Crippen molar-refractivity contribution < 1.29 is 14.4 Å². The Morgan fingerprint density at radius 3 is 2.76 bits per heavy atom. The first-order valence-electron chi connectivity index (χ1n) is 7.44. The van der Waals surface area contributed by atoms with Gasteiger partial charge in [-0.2, -0.15) is 0 Å². The van der Waals surface area contributed by atoms with Gasteiger partial charge in [-0.25, -0.2) is 4.98 Å². The summed E-state index contributed by atoms with van der Waals surface area (Å²) in [5.74, 6) is -1.03. The van der Waals surface area contributed by atoms with Crippen molar-refractivity contribution in [3.63, 3.8) is 0 Å². The van der Waals surface area contributed by atoms with Crippen LogP contribution in [0.4, 0.5) is 5.69 Å². The number of nitrogens with two attached hydrogens (primary N) is 1. The molecule has 0 spiro atoms. The molecule has 0 unspecified atom stereocenters. The Labute approximate surface area is 149 Å². The molecule has 0 aliphatic rings. The zero-order valence-corrected chi connectivity index (χ0v) is 14.5. The minimum Gasteiger partial charge on any atom is -0.365 e. The van der Waals surface area contributed by atoms with Crippen molar-refractivity contribution in [3.05, 3.63) is 58.1 Å². The fraction of sp³-hybridized carbons (Fsp3) is 0.176. The Morgan fingerprint density at radius 2 is 2.12 bits per heavy atom. The topological polar surface area (TPSA) is 114 Å². The molecule has 4 N–H and O–H groups in total. The van der Waals surface area contributed by atoms with E-state index in [1.165, 1.54) is 17.4 Å². The van der Waals surface area contributed by atoms with Gasteiger partial charge in [-0.3, -0.25) is 14.4 Å². The zero-order valence-electron chi connectivity index (χ0n) is 13.7. The lowest BCUT2D eigenvalue weighted by Crippen LogP contribution is -2.24. The molecule has 0 radical (unpaired) electrons. The number of nitrogens with one attached hydrogen (secondary N) is 2. The van der Waals surface area contributed by atoms with Crippen molar-refractivity contribution in [1.29, 1.82) is 0 Å². The summed E-state index contributed by atoms with van der Waals surface area (Å²) in [7, 11) is 0. The van der Waals surface area contributed by atoms with Crippen LogP contribution in [0, 0.1) is 6.92 Å². The highest BCUT2D eigenvalue weighted by Gasteiger charge is 2.13. The molecule has 7 nitrogen and oxygen atoms in total. The molecule has 0 atom stereocenters. The van der Waals surface area contributed by atoms with E-state index in [2.05, 4.69) is 22.2 Å². The van der Waals surface area contributed by atoms with E-state index in [0.29, 0.717) is 21.3 Å². The molecule has 1 heterocycles. The number of carbonyl (C=O) groups is 3. The van der Waals surface area contributed by atoms with Crippen LogP contribution in [-0.4, -0.2) is 22.7 Å². The smallest absolute Gasteiger partial charge is 0.260 e. The summed E-state index contributed by atoms with van der Waals surface area (Å²) in [5, 5.41) is 6.01. The fourth-order valence-electron chi connectivity index (χ4n) is 2.13. The molecule has 0 saturated heterocycles. The molecule has 0 fully saturated rings. The number of carbonyl (C=O) groups excluding carboxylic acids is 3. The van der Waals surface area contributed by atoms with E-state index in [-0.39, 0.29) is 24.8 Å². The normalized spacial score (nSPS) is 10.1. The van der Waals surface area contributed by atoms with E-state index in [0.717, 1.165) is 5.56 Å². The molecule has 2 rings (SSSR count). The molecule has 130 valence electrons. The van der Waals surface area contributed by atoms with E-state index >= 15 is 0 Å². The standard InChI is InChI=1S/C17H18N4O3S/c1-3-13(22)21-12-6-4-5-11(7-12)8-14(23)19-9-15-20-10(2)16(25-15)17(18)24/h3-7H,1,8-9H2,2H3,(H2,18,24)(H,19,23)(H,21,22). The van der Waals surface area contributed by atoms with Crippen LogP contribution in [0.15, 0.2) is 36.9 Å². The lowest BCUT2D eigenvalue weighted by molar-refractivity contribution is -0.120. The highest BCUT2D eigenvalue weighted by molar-refractivity contribution is 7.13. The van der Waals surface area contributed by atoms with Gasteiger partial charge in [0, 0.05) is 5.69 Å². The average molecular weight is 358 g/mol. The minimum absolute atomic E-state index is 0.158. The Kier molecular flexibility index (Phi) is 6.02. The molecule has 8 heteroatoms. The van der Waals surface area contributed by atoms with Crippen molar-refractivity contribution in [2.24, 2.45) is 5.73 Å². The average Bonchev–Trinajstić information content (AvgIpc) is 2.94. The molecule has 1 aromatic carbocycles. The monoisotopic (exact) mass is 358 g/mol. The van der Waals surface area contributed by atoms with Gasteiger partial charge in [0.2, 0.25) is 11.8 Å². The van der Waals surface area contributed by atoms with Crippen LogP contribution in [0.3, 0.4) is 0 Å². The highest BCUT2D eigenvalue weighted by atomic mass is 32.1. The first-order chi connectivity index (χ1) is 11.9. The van der Waals surface area contributed by atoms with E-state index in [1.54, 1.807) is 31.2 Å². The third kappa shape index (κ3) is 5.25. The number of anilines is 1. The number of aryl methyl sites for hydroxylation is 1. The van der Waals surface area contributed by atoms with Crippen LogP contribution in [0.2, 0.25) is 0 Å². The third-order valence-electron chi connectivity index (χ3n) is 3.25. The largest absolute Gasteiger partial charge is 0.365 e. The summed E-state index contributed by atoms with van der Waals surface area (Å²) in [6, 6.07) is 7.00. The first-order valence-corrected chi connectivity index (χ1v) is 8.26. The quantitative estimate of drug-likeness (QED) is 0.651. The van der Waals surface area contributed by atoms with Crippen LogP contribution in [0.1, 0.15) is 25.9 Å². The summed E-state index contributed by atoms with van der Waals surface area (Å²) in [5.41, 5.74) is 7.17. The fourth-order valence-corrected chi connectivity index (χ4v) is 2.99. The second-order valence-electron chi connectivity index (χ2n) is 5.23. The molecule has 3 amide bonds. The number of rotatable bonds is 7. The number of nitrogens with zero attached hydrogens (tertiary/aromatic N) is 1. The number of thiazole rings is 1. The first kappa shape index (κ1) is 18.3. The number of aromatic nitrogens is 1. The second kappa shape index (κ2) is 8.20. The number of benzene rings is 1. The molecule has 0 aliphatic heterocycles. The van der Waals surface area contributed by atoms with Gasteiger partial charge in [-0.05, 0) is 30.7 Å². The minimum atomic E-state index is -0.522. The van der Waals surface area contributed by atoms with Crippen LogP contribution in [-0.2, 0) is 22.6 Å². The highest BCUT2D eigenvalue weighted by Crippen LogP contribution is 2.17. The van der Waals surface area contributed by atoms with Crippen molar-refractivity contribution in [3.8, 4) is 0 Å². The van der Waals surface area contributed by atoms with Crippen LogP contribution in [0.5, 0.6) is 0 Å². The molecule has 25 heavy (non-hydrogen) atoms. The van der Waals surface area contributed by atoms with E-state index in [9.17, 15) is 14.4 Å². The second-order valence-corrected chi connectivity index (χ2v) is 6.32. The van der Waals surface area contributed by atoms with E-state index in [1.807, 2.05) is 0 Å². The van der Waals surface area contributed by atoms with Crippen molar-refractivity contribution >= 4 is 34.7 Å². The predicted molar refractivity (Wildman–Crippen MR) is 96.2 cm³/mol. The van der Waals surface area contributed by atoms with Gasteiger partial charge in [0.1, 0.15) is 9.88 Å². The molecule has 2 aromatic rings. The van der Waals surface area contributed by atoms with Gasteiger partial charge in [0.15, 0.2) is 0 Å². The maximum absolute atomic E-state index is 12.1. The molecule has 0 saturated carbocycles. The van der Waals surface area contributed by atoms with Crippen molar-refractivity contribution in [2.45, 2.75) is 19.9 Å². The lowest BCUT2D eigenvalue weighted by Gasteiger charge is -2.06. The molecular formula is C17H18N4O3S. The Hall–Kier alpha value is -3.00. The molecule has 1 aromatic heterocycles. The molecule has 0 aliphatic carbocycles. The van der Waals surface area contributed by atoms with Crippen molar-refractivity contribution in [1.82, 2.24) is 10.3 Å². The third-order valence-corrected chi connectivity index (χ3v) is 4.42. The van der Waals surface area contributed by atoms with Gasteiger partial charge in [0.05, 0.1) is 18.7 Å². The Bertz CT molecular complexity index is 829. The summed E-state index contributed by atoms with van der Waals surface area (Å²) in [6.07, 6.45) is 1.33. The van der Waals surface area contributed by atoms with Gasteiger partial charge >= 0.3 is 0 Å². The number of primary amides is 1. The Morgan fingerprint density at radius 1 is 1.36 bits per heavy atom. The van der Waals surface area contributed by atoms with Gasteiger partial charge < -0.3 is 16.4 Å². The van der Waals surface area contributed by atoms with E-state index < -0.39 is 5.91 Å². The number of hydrogen-bond acceptors (Lipinski definition) is 5. The number of amides is 3. The van der Waals surface area contributed by atoms with Gasteiger partial charge in [0.25, 0.3) is 5.91 Å². The zero-order chi connectivity index (χ0) is 18.4. The molecule has 0 bridgehead atoms. The Balaban J connectivity index is 1.93. The maximum atomic E-state index is 12.1.